The summed E-state index contributed by atoms with van der Waals surface area (Å²) in [4.78, 5) is 19.6. The van der Waals surface area contributed by atoms with Crippen LogP contribution in [0.1, 0.15) is 41.6 Å². The maximum atomic E-state index is 12.8. The van der Waals surface area contributed by atoms with Crippen LogP contribution in [0, 0.1) is 0 Å². The third-order valence-electron chi connectivity index (χ3n) is 6.43. The SMILES string of the molecule is O=C(c1cc(Cl)cc(Cl)c1)N1CCN(Cc2ccc(OCCCN3CCCCC3)cc2)CC1. The zero-order valence-electron chi connectivity index (χ0n) is 19.1. The molecule has 2 aliphatic heterocycles. The van der Waals surface area contributed by atoms with E-state index >= 15 is 0 Å². The zero-order valence-corrected chi connectivity index (χ0v) is 20.7. The molecule has 0 spiro atoms. The lowest BCUT2D eigenvalue weighted by atomic mass is 10.1. The van der Waals surface area contributed by atoms with Crippen molar-refractivity contribution in [3.8, 4) is 5.75 Å². The van der Waals surface area contributed by atoms with E-state index in [1.165, 1.54) is 37.9 Å². The summed E-state index contributed by atoms with van der Waals surface area (Å²) < 4.78 is 5.94. The molecule has 7 heteroatoms. The Labute approximate surface area is 207 Å². The van der Waals surface area contributed by atoms with Gasteiger partial charge in [0.25, 0.3) is 5.91 Å². The van der Waals surface area contributed by atoms with Gasteiger partial charge in [0.2, 0.25) is 0 Å². The first-order chi connectivity index (χ1) is 16.1. The van der Waals surface area contributed by atoms with Gasteiger partial charge in [0.15, 0.2) is 0 Å². The van der Waals surface area contributed by atoms with Crippen molar-refractivity contribution in [3.05, 3.63) is 63.6 Å². The predicted molar refractivity (Wildman–Crippen MR) is 134 cm³/mol. The molecule has 2 aromatic rings. The molecule has 2 fully saturated rings. The molecule has 5 nitrogen and oxygen atoms in total. The van der Waals surface area contributed by atoms with E-state index in [4.69, 9.17) is 27.9 Å². The Kier molecular flexibility index (Phi) is 8.90. The molecule has 1 amide bonds. The Morgan fingerprint density at radius 1 is 0.818 bits per heavy atom. The smallest absolute Gasteiger partial charge is 0.254 e. The first-order valence-corrected chi connectivity index (χ1v) is 12.7. The van der Waals surface area contributed by atoms with Gasteiger partial charge in [-0.1, -0.05) is 41.8 Å². The van der Waals surface area contributed by atoms with E-state index in [-0.39, 0.29) is 5.91 Å². The van der Waals surface area contributed by atoms with E-state index in [1.807, 2.05) is 4.90 Å². The van der Waals surface area contributed by atoms with Crippen LogP contribution >= 0.6 is 23.2 Å². The zero-order chi connectivity index (χ0) is 23.0. The number of amides is 1. The van der Waals surface area contributed by atoms with Crippen molar-refractivity contribution < 1.29 is 9.53 Å². The quantitative estimate of drug-likeness (QED) is 0.477. The molecule has 0 aromatic heterocycles. The normalized spacial score (nSPS) is 17.8. The fourth-order valence-corrected chi connectivity index (χ4v) is 5.11. The molecule has 0 unspecified atom stereocenters. The fourth-order valence-electron chi connectivity index (χ4n) is 4.58. The van der Waals surface area contributed by atoms with Crippen LogP contribution in [0.3, 0.4) is 0 Å². The van der Waals surface area contributed by atoms with Crippen LogP contribution in [-0.2, 0) is 6.54 Å². The number of likely N-dealkylation sites (tertiary alicyclic amines) is 1. The van der Waals surface area contributed by atoms with Crippen LogP contribution < -0.4 is 4.74 Å². The summed E-state index contributed by atoms with van der Waals surface area (Å²) in [5, 5.41) is 0.970. The first-order valence-electron chi connectivity index (χ1n) is 12.0. The molecule has 4 rings (SSSR count). The minimum atomic E-state index is -0.0131. The van der Waals surface area contributed by atoms with Crippen LogP contribution in [-0.4, -0.2) is 73.0 Å². The summed E-state index contributed by atoms with van der Waals surface area (Å²) in [6, 6.07) is 13.4. The molecular weight excluding hydrogens is 457 g/mol. The van der Waals surface area contributed by atoms with Crippen molar-refractivity contribution in [3.63, 3.8) is 0 Å². The topological polar surface area (TPSA) is 36.0 Å². The summed E-state index contributed by atoms with van der Waals surface area (Å²) >= 11 is 12.1. The van der Waals surface area contributed by atoms with E-state index in [0.29, 0.717) is 28.7 Å². The lowest BCUT2D eigenvalue weighted by molar-refractivity contribution is 0.0628. The van der Waals surface area contributed by atoms with Crippen LogP contribution in [0.2, 0.25) is 10.0 Å². The summed E-state index contributed by atoms with van der Waals surface area (Å²) in [5.74, 6) is 0.925. The number of benzene rings is 2. The molecule has 2 aromatic carbocycles. The number of piperidine rings is 1. The molecule has 0 atom stereocenters. The number of nitrogens with zero attached hydrogens (tertiary/aromatic N) is 3. The average molecular weight is 490 g/mol. The molecule has 178 valence electrons. The van der Waals surface area contributed by atoms with Gasteiger partial charge in [-0.25, -0.2) is 0 Å². The second-order valence-electron chi connectivity index (χ2n) is 8.97. The van der Waals surface area contributed by atoms with Gasteiger partial charge in [-0.2, -0.15) is 0 Å². The number of hydrogen-bond donors (Lipinski definition) is 0. The van der Waals surface area contributed by atoms with E-state index in [9.17, 15) is 4.79 Å². The highest BCUT2D eigenvalue weighted by molar-refractivity contribution is 6.35. The van der Waals surface area contributed by atoms with E-state index in [1.54, 1.807) is 18.2 Å². The van der Waals surface area contributed by atoms with Gasteiger partial charge in [0, 0.05) is 54.9 Å². The third kappa shape index (κ3) is 7.35. The summed E-state index contributed by atoms with van der Waals surface area (Å²) in [6.07, 6.45) is 5.13. The Bertz CT molecular complexity index is 888. The number of rotatable bonds is 8. The Hall–Kier alpha value is -1.79. The van der Waals surface area contributed by atoms with Crippen molar-refractivity contribution in [1.82, 2.24) is 14.7 Å². The van der Waals surface area contributed by atoms with Crippen LogP contribution in [0.15, 0.2) is 42.5 Å². The summed E-state index contributed by atoms with van der Waals surface area (Å²) in [5.41, 5.74) is 1.81. The molecule has 0 N–H and O–H groups in total. The first kappa shape index (κ1) is 24.3. The fraction of sp³-hybridized carbons (Fsp3) is 0.500. The number of piperazine rings is 1. The Morgan fingerprint density at radius 2 is 1.48 bits per heavy atom. The van der Waals surface area contributed by atoms with Crippen molar-refractivity contribution >= 4 is 29.1 Å². The molecule has 0 bridgehead atoms. The maximum Gasteiger partial charge on any atom is 0.254 e. The van der Waals surface area contributed by atoms with E-state index in [2.05, 4.69) is 34.1 Å². The molecule has 0 radical (unpaired) electrons. The Morgan fingerprint density at radius 3 is 2.15 bits per heavy atom. The van der Waals surface area contributed by atoms with Crippen LogP contribution in [0.4, 0.5) is 0 Å². The molecule has 2 aliphatic rings. The van der Waals surface area contributed by atoms with Crippen LogP contribution in [0.25, 0.3) is 0 Å². The number of carbonyl (C=O) groups is 1. The third-order valence-corrected chi connectivity index (χ3v) is 6.87. The van der Waals surface area contributed by atoms with Gasteiger partial charge in [0.1, 0.15) is 5.75 Å². The molecule has 2 saturated heterocycles. The highest BCUT2D eigenvalue weighted by Crippen LogP contribution is 2.21. The monoisotopic (exact) mass is 489 g/mol. The molecule has 33 heavy (non-hydrogen) atoms. The van der Waals surface area contributed by atoms with E-state index < -0.39 is 0 Å². The molecule has 0 aliphatic carbocycles. The number of carbonyl (C=O) groups excluding carboxylic acids is 1. The predicted octanol–water partition coefficient (Wildman–Crippen LogP) is 5.21. The summed E-state index contributed by atoms with van der Waals surface area (Å²) in [6.45, 7) is 8.34. The standard InChI is InChI=1S/C26H33Cl2N3O2/c27-23-17-22(18-24(28)19-23)26(32)31-14-12-30(13-15-31)20-21-5-7-25(8-6-21)33-16-4-11-29-9-2-1-3-10-29/h5-8,17-19H,1-4,9-16,20H2. The second kappa shape index (κ2) is 12.1. The van der Waals surface area contributed by atoms with Crippen molar-refractivity contribution in [2.24, 2.45) is 0 Å². The minimum Gasteiger partial charge on any atom is -0.494 e. The van der Waals surface area contributed by atoms with Gasteiger partial charge in [-0.3, -0.25) is 9.69 Å². The van der Waals surface area contributed by atoms with E-state index in [0.717, 1.165) is 45.0 Å². The number of hydrogen-bond acceptors (Lipinski definition) is 4. The van der Waals surface area contributed by atoms with Gasteiger partial charge >= 0.3 is 0 Å². The average Bonchev–Trinajstić information content (AvgIpc) is 2.83. The largest absolute Gasteiger partial charge is 0.494 e. The highest BCUT2D eigenvalue weighted by Gasteiger charge is 2.22. The molecule has 0 saturated carbocycles. The van der Waals surface area contributed by atoms with Crippen molar-refractivity contribution in [2.45, 2.75) is 32.2 Å². The lowest BCUT2D eigenvalue weighted by Gasteiger charge is -2.34. The van der Waals surface area contributed by atoms with Crippen LogP contribution in [0.5, 0.6) is 5.75 Å². The number of halogens is 2. The van der Waals surface area contributed by atoms with Gasteiger partial charge in [0.05, 0.1) is 6.61 Å². The van der Waals surface area contributed by atoms with Crippen molar-refractivity contribution in [2.75, 3.05) is 52.4 Å². The summed E-state index contributed by atoms with van der Waals surface area (Å²) in [7, 11) is 0. The Balaban J connectivity index is 1.17. The number of ether oxygens (including phenoxy) is 1. The molecular formula is C26H33Cl2N3O2. The second-order valence-corrected chi connectivity index (χ2v) is 9.85. The van der Waals surface area contributed by atoms with Crippen molar-refractivity contribution in [1.29, 1.82) is 0 Å². The van der Waals surface area contributed by atoms with Gasteiger partial charge in [-0.05, 0) is 68.2 Å². The minimum absolute atomic E-state index is 0.0131. The lowest BCUT2D eigenvalue weighted by Crippen LogP contribution is -2.48. The maximum absolute atomic E-state index is 12.8. The highest BCUT2D eigenvalue weighted by atomic mass is 35.5. The van der Waals surface area contributed by atoms with Gasteiger partial charge in [-0.15, -0.1) is 0 Å². The molecule has 2 heterocycles. The van der Waals surface area contributed by atoms with Gasteiger partial charge < -0.3 is 14.5 Å².